The standard InChI is InChI=1S/C11H11Cl2N3S/c1-6-11(17-5-15-6)10(16-14)8-4-7(12)2-3-9(8)13/h2-5,10,16H,14H2,1H3. The summed E-state index contributed by atoms with van der Waals surface area (Å²) in [4.78, 5) is 5.25. The van der Waals surface area contributed by atoms with E-state index < -0.39 is 0 Å². The van der Waals surface area contributed by atoms with Crippen molar-refractivity contribution >= 4 is 34.5 Å². The maximum absolute atomic E-state index is 6.17. The third-order valence-electron chi connectivity index (χ3n) is 2.48. The molecule has 2 aromatic rings. The van der Waals surface area contributed by atoms with Crippen LogP contribution in [0.2, 0.25) is 10.0 Å². The summed E-state index contributed by atoms with van der Waals surface area (Å²) in [5.41, 5.74) is 6.34. The number of benzene rings is 1. The maximum atomic E-state index is 6.17. The predicted molar refractivity (Wildman–Crippen MR) is 72.5 cm³/mol. The van der Waals surface area contributed by atoms with E-state index in [2.05, 4.69) is 10.4 Å². The molecular formula is C11H11Cl2N3S. The fraction of sp³-hybridized carbons (Fsp3) is 0.182. The lowest BCUT2D eigenvalue weighted by Crippen LogP contribution is -2.29. The predicted octanol–water partition coefficient (Wildman–Crippen LogP) is 3.31. The van der Waals surface area contributed by atoms with Crippen molar-refractivity contribution < 1.29 is 0 Å². The van der Waals surface area contributed by atoms with Crippen LogP contribution in [-0.2, 0) is 0 Å². The summed E-state index contributed by atoms with van der Waals surface area (Å²) in [5, 5.41) is 1.26. The highest BCUT2D eigenvalue weighted by Crippen LogP contribution is 2.33. The zero-order chi connectivity index (χ0) is 12.4. The van der Waals surface area contributed by atoms with E-state index >= 15 is 0 Å². The van der Waals surface area contributed by atoms with Gasteiger partial charge < -0.3 is 0 Å². The van der Waals surface area contributed by atoms with E-state index in [-0.39, 0.29) is 6.04 Å². The van der Waals surface area contributed by atoms with Crippen LogP contribution in [0.25, 0.3) is 0 Å². The number of thiazole rings is 1. The molecule has 1 aromatic heterocycles. The minimum absolute atomic E-state index is 0.186. The van der Waals surface area contributed by atoms with Crippen LogP contribution in [0.15, 0.2) is 23.7 Å². The van der Waals surface area contributed by atoms with Crippen LogP contribution in [0, 0.1) is 6.92 Å². The van der Waals surface area contributed by atoms with E-state index in [0.717, 1.165) is 16.1 Å². The highest BCUT2D eigenvalue weighted by molar-refractivity contribution is 7.09. The second kappa shape index (κ2) is 5.33. The van der Waals surface area contributed by atoms with Crippen molar-refractivity contribution in [2.24, 2.45) is 5.84 Å². The van der Waals surface area contributed by atoms with E-state index in [0.29, 0.717) is 10.0 Å². The molecule has 90 valence electrons. The molecule has 0 aliphatic rings. The average Bonchev–Trinajstić information content (AvgIpc) is 2.71. The average molecular weight is 288 g/mol. The van der Waals surface area contributed by atoms with Gasteiger partial charge in [-0.05, 0) is 30.7 Å². The van der Waals surface area contributed by atoms with Gasteiger partial charge in [-0.3, -0.25) is 5.84 Å². The number of aromatic nitrogens is 1. The first-order chi connectivity index (χ1) is 8.13. The van der Waals surface area contributed by atoms with Crippen LogP contribution >= 0.6 is 34.5 Å². The van der Waals surface area contributed by atoms with E-state index in [1.807, 2.05) is 13.0 Å². The van der Waals surface area contributed by atoms with Gasteiger partial charge in [0.1, 0.15) is 0 Å². The molecule has 0 amide bonds. The molecule has 0 radical (unpaired) electrons. The Morgan fingerprint density at radius 1 is 1.41 bits per heavy atom. The Bertz CT molecular complexity index is 527. The Morgan fingerprint density at radius 2 is 2.18 bits per heavy atom. The van der Waals surface area contributed by atoms with Crippen molar-refractivity contribution in [2.45, 2.75) is 13.0 Å². The molecule has 1 unspecified atom stereocenters. The van der Waals surface area contributed by atoms with Crippen LogP contribution in [0.3, 0.4) is 0 Å². The molecule has 0 aliphatic heterocycles. The quantitative estimate of drug-likeness (QED) is 0.673. The summed E-state index contributed by atoms with van der Waals surface area (Å²) in [6.45, 7) is 1.94. The molecule has 0 saturated carbocycles. The second-order valence-corrected chi connectivity index (χ2v) is 5.30. The Kier molecular flexibility index (Phi) is 4.01. The molecule has 3 N–H and O–H groups in total. The van der Waals surface area contributed by atoms with Gasteiger partial charge in [0.05, 0.1) is 22.1 Å². The van der Waals surface area contributed by atoms with Gasteiger partial charge in [0, 0.05) is 10.0 Å². The number of aryl methyl sites for hydroxylation is 1. The van der Waals surface area contributed by atoms with Gasteiger partial charge in [-0.15, -0.1) is 11.3 Å². The highest BCUT2D eigenvalue weighted by atomic mass is 35.5. The molecule has 0 spiro atoms. The number of nitrogens with two attached hydrogens (primary N) is 1. The fourth-order valence-electron chi connectivity index (χ4n) is 1.63. The van der Waals surface area contributed by atoms with E-state index in [1.165, 1.54) is 11.3 Å². The SMILES string of the molecule is Cc1ncsc1C(NN)c1cc(Cl)ccc1Cl. The first-order valence-corrected chi connectivity index (χ1v) is 6.58. The third kappa shape index (κ3) is 2.61. The zero-order valence-corrected chi connectivity index (χ0v) is 11.4. The number of rotatable bonds is 3. The van der Waals surface area contributed by atoms with Crippen molar-refractivity contribution in [1.29, 1.82) is 0 Å². The topological polar surface area (TPSA) is 50.9 Å². The van der Waals surface area contributed by atoms with Gasteiger partial charge >= 0.3 is 0 Å². The zero-order valence-electron chi connectivity index (χ0n) is 9.08. The van der Waals surface area contributed by atoms with Gasteiger partial charge in [-0.25, -0.2) is 10.4 Å². The summed E-state index contributed by atoms with van der Waals surface area (Å²) >= 11 is 13.7. The monoisotopic (exact) mass is 287 g/mol. The second-order valence-electron chi connectivity index (χ2n) is 3.57. The number of hydrogen-bond donors (Lipinski definition) is 2. The lowest BCUT2D eigenvalue weighted by Gasteiger charge is -2.17. The van der Waals surface area contributed by atoms with Gasteiger partial charge in [0.2, 0.25) is 0 Å². The molecule has 1 aromatic carbocycles. The molecular weight excluding hydrogens is 277 g/mol. The van der Waals surface area contributed by atoms with Crippen LogP contribution in [-0.4, -0.2) is 4.98 Å². The first kappa shape index (κ1) is 12.8. The molecule has 1 heterocycles. The molecule has 1 atom stereocenters. The number of nitrogens with one attached hydrogen (secondary N) is 1. The number of halogens is 2. The molecule has 0 bridgehead atoms. The lowest BCUT2D eigenvalue weighted by atomic mass is 10.1. The summed E-state index contributed by atoms with van der Waals surface area (Å²) in [5.74, 6) is 5.61. The molecule has 0 fully saturated rings. The third-order valence-corrected chi connectivity index (χ3v) is 4.06. The molecule has 0 aliphatic carbocycles. The lowest BCUT2D eigenvalue weighted by molar-refractivity contribution is 0.642. The van der Waals surface area contributed by atoms with Crippen molar-refractivity contribution in [3.05, 3.63) is 49.9 Å². The summed E-state index contributed by atoms with van der Waals surface area (Å²) < 4.78 is 0. The Labute approximate surface area is 114 Å². The van der Waals surface area contributed by atoms with Gasteiger partial charge in [-0.2, -0.15) is 0 Å². The van der Waals surface area contributed by atoms with Crippen molar-refractivity contribution in [3.8, 4) is 0 Å². The van der Waals surface area contributed by atoms with Crippen LogP contribution in [0.5, 0.6) is 0 Å². The number of nitrogens with zero attached hydrogens (tertiary/aromatic N) is 1. The van der Waals surface area contributed by atoms with Crippen LogP contribution in [0.1, 0.15) is 22.2 Å². The molecule has 3 nitrogen and oxygen atoms in total. The maximum Gasteiger partial charge on any atom is 0.0836 e. The first-order valence-electron chi connectivity index (χ1n) is 4.94. The Balaban J connectivity index is 2.49. The minimum atomic E-state index is -0.186. The Morgan fingerprint density at radius 3 is 2.76 bits per heavy atom. The largest absolute Gasteiger partial charge is 0.271 e. The minimum Gasteiger partial charge on any atom is -0.271 e. The summed E-state index contributed by atoms with van der Waals surface area (Å²) in [6, 6.07) is 5.14. The van der Waals surface area contributed by atoms with Crippen molar-refractivity contribution in [3.63, 3.8) is 0 Å². The van der Waals surface area contributed by atoms with E-state index in [9.17, 15) is 0 Å². The van der Waals surface area contributed by atoms with Gasteiger partial charge in [-0.1, -0.05) is 23.2 Å². The van der Waals surface area contributed by atoms with Gasteiger partial charge in [0.15, 0.2) is 0 Å². The summed E-state index contributed by atoms with van der Waals surface area (Å²) in [7, 11) is 0. The normalized spacial score (nSPS) is 12.7. The smallest absolute Gasteiger partial charge is 0.0836 e. The molecule has 2 rings (SSSR count). The summed E-state index contributed by atoms with van der Waals surface area (Å²) in [6.07, 6.45) is 0. The fourth-order valence-corrected chi connectivity index (χ4v) is 2.92. The molecule has 0 saturated heterocycles. The van der Waals surface area contributed by atoms with Crippen LogP contribution in [0.4, 0.5) is 0 Å². The van der Waals surface area contributed by atoms with Gasteiger partial charge in [0.25, 0.3) is 0 Å². The van der Waals surface area contributed by atoms with E-state index in [1.54, 1.807) is 17.6 Å². The number of hydrazine groups is 1. The molecule has 6 heteroatoms. The molecule has 17 heavy (non-hydrogen) atoms. The van der Waals surface area contributed by atoms with Crippen molar-refractivity contribution in [1.82, 2.24) is 10.4 Å². The van der Waals surface area contributed by atoms with Crippen LogP contribution < -0.4 is 11.3 Å². The van der Waals surface area contributed by atoms with Crippen molar-refractivity contribution in [2.75, 3.05) is 0 Å². The van der Waals surface area contributed by atoms with E-state index in [4.69, 9.17) is 29.0 Å². The Hall–Kier alpha value is -0.650. The number of hydrogen-bond acceptors (Lipinski definition) is 4. The highest BCUT2D eigenvalue weighted by Gasteiger charge is 2.19.